The van der Waals surface area contributed by atoms with Crippen molar-refractivity contribution in [3.63, 3.8) is 0 Å². The van der Waals surface area contributed by atoms with Gasteiger partial charge in [-0.05, 0) is 49.0 Å². The molecule has 1 amide bonds. The van der Waals surface area contributed by atoms with Gasteiger partial charge >= 0.3 is 12.1 Å². The summed E-state index contributed by atoms with van der Waals surface area (Å²) in [6, 6.07) is 7.01. The Bertz CT molecular complexity index is 773. The van der Waals surface area contributed by atoms with E-state index in [1.165, 1.54) is 4.90 Å². The van der Waals surface area contributed by atoms with Crippen molar-refractivity contribution in [2.75, 3.05) is 18.0 Å². The van der Waals surface area contributed by atoms with Crippen LogP contribution in [0.5, 0.6) is 0 Å². The normalized spacial score (nSPS) is 28.0. The molecule has 7 heteroatoms. The lowest BCUT2D eigenvalue weighted by atomic mass is 9.88. The van der Waals surface area contributed by atoms with E-state index in [0.717, 1.165) is 29.8 Å². The third-order valence-electron chi connectivity index (χ3n) is 5.80. The van der Waals surface area contributed by atoms with Gasteiger partial charge in [-0.25, -0.2) is 9.59 Å². The van der Waals surface area contributed by atoms with Crippen molar-refractivity contribution in [2.45, 2.75) is 43.9 Å². The van der Waals surface area contributed by atoms with E-state index in [1.807, 2.05) is 24.3 Å². The van der Waals surface area contributed by atoms with E-state index in [1.54, 1.807) is 0 Å². The maximum absolute atomic E-state index is 11.9. The van der Waals surface area contributed by atoms with Crippen LogP contribution in [0.15, 0.2) is 29.8 Å². The van der Waals surface area contributed by atoms with Crippen molar-refractivity contribution in [2.24, 2.45) is 0 Å². The second kappa shape index (κ2) is 6.32. The molecule has 3 heterocycles. The highest BCUT2D eigenvalue weighted by atomic mass is 16.4. The Morgan fingerprint density at radius 1 is 1.04 bits per heavy atom. The highest BCUT2D eigenvalue weighted by molar-refractivity contribution is 5.99. The van der Waals surface area contributed by atoms with Gasteiger partial charge in [-0.2, -0.15) is 0 Å². The second-order valence-corrected chi connectivity index (χ2v) is 7.27. The van der Waals surface area contributed by atoms with Gasteiger partial charge in [0.15, 0.2) is 0 Å². The number of nitrogens with zero attached hydrogens (tertiary/aromatic N) is 2. The topological polar surface area (TPSA) is 101 Å². The van der Waals surface area contributed by atoms with E-state index >= 15 is 0 Å². The molecular weight excluding hydrogens is 336 g/mol. The van der Waals surface area contributed by atoms with Crippen LogP contribution in [0.1, 0.15) is 31.2 Å². The Morgan fingerprint density at radius 2 is 1.77 bits per heavy atom. The summed E-state index contributed by atoms with van der Waals surface area (Å²) in [7, 11) is 0. The number of hydrogen-bond acceptors (Lipinski definition) is 4. The third-order valence-corrected chi connectivity index (χ3v) is 5.80. The summed E-state index contributed by atoms with van der Waals surface area (Å²) in [6.45, 7) is 1.42. The molecule has 3 atom stereocenters. The predicted octanol–water partition coefficient (Wildman–Crippen LogP) is 2.01. The van der Waals surface area contributed by atoms with Crippen LogP contribution in [0.25, 0.3) is 5.57 Å². The van der Waals surface area contributed by atoms with Crippen molar-refractivity contribution in [3.8, 4) is 0 Å². The molecule has 0 aromatic heterocycles. The summed E-state index contributed by atoms with van der Waals surface area (Å²) in [5, 5.41) is 28.9. The van der Waals surface area contributed by atoms with Crippen molar-refractivity contribution < 1.29 is 24.9 Å². The Labute approximate surface area is 151 Å². The summed E-state index contributed by atoms with van der Waals surface area (Å²) >= 11 is 0. The number of aliphatic hydroxyl groups is 1. The van der Waals surface area contributed by atoms with Crippen LogP contribution in [-0.4, -0.2) is 63.6 Å². The molecule has 0 radical (unpaired) electrons. The van der Waals surface area contributed by atoms with Crippen LogP contribution in [-0.2, 0) is 4.79 Å². The summed E-state index contributed by atoms with van der Waals surface area (Å²) in [4.78, 5) is 26.8. The molecule has 0 unspecified atom stereocenters. The van der Waals surface area contributed by atoms with Crippen LogP contribution in [0.2, 0.25) is 0 Å². The van der Waals surface area contributed by atoms with Gasteiger partial charge in [0, 0.05) is 24.8 Å². The number of hydrogen-bond donors (Lipinski definition) is 3. The fraction of sp³-hybridized carbons (Fsp3) is 0.474. The molecule has 7 nitrogen and oxygen atoms in total. The number of carboxylic acid groups (broad SMARTS) is 2. The molecule has 1 aromatic carbocycles. The average Bonchev–Trinajstić information content (AvgIpc) is 3.17. The lowest BCUT2D eigenvalue weighted by Crippen LogP contribution is -2.45. The Balaban J connectivity index is 1.67. The lowest BCUT2D eigenvalue weighted by molar-refractivity contribution is -0.133. The number of rotatable bonds is 3. The van der Waals surface area contributed by atoms with Crippen LogP contribution in [0.4, 0.5) is 10.5 Å². The number of aliphatic hydroxyl groups excluding tert-OH is 1. The van der Waals surface area contributed by atoms with E-state index in [2.05, 4.69) is 4.90 Å². The van der Waals surface area contributed by atoms with Crippen LogP contribution in [0.3, 0.4) is 0 Å². The third kappa shape index (κ3) is 2.72. The zero-order valence-electron chi connectivity index (χ0n) is 14.3. The molecule has 0 aliphatic carbocycles. The van der Waals surface area contributed by atoms with Crippen molar-refractivity contribution in [1.82, 2.24) is 4.90 Å². The summed E-state index contributed by atoms with van der Waals surface area (Å²) in [5.74, 6) is -1.04. The minimum Gasteiger partial charge on any atom is -0.478 e. The minimum atomic E-state index is -1.04. The number of carbonyl (C=O) groups is 2. The molecule has 2 saturated heterocycles. The summed E-state index contributed by atoms with van der Waals surface area (Å²) < 4.78 is 0. The lowest BCUT2D eigenvalue weighted by Gasteiger charge is -2.34. The Hall–Kier alpha value is -2.54. The van der Waals surface area contributed by atoms with Crippen molar-refractivity contribution >= 4 is 23.3 Å². The number of benzene rings is 1. The van der Waals surface area contributed by atoms with E-state index in [0.29, 0.717) is 25.8 Å². The highest BCUT2D eigenvalue weighted by Gasteiger charge is 2.46. The quantitative estimate of drug-likeness (QED) is 0.764. The number of fused-ring (bicyclic) bond motifs is 2. The molecule has 3 aliphatic heterocycles. The van der Waals surface area contributed by atoms with Gasteiger partial charge in [-0.1, -0.05) is 12.1 Å². The van der Waals surface area contributed by atoms with E-state index in [-0.39, 0.29) is 17.7 Å². The first-order valence-electron chi connectivity index (χ1n) is 8.96. The maximum atomic E-state index is 11.9. The van der Waals surface area contributed by atoms with Gasteiger partial charge in [0.2, 0.25) is 0 Å². The number of anilines is 1. The minimum absolute atomic E-state index is 0.149. The van der Waals surface area contributed by atoms with Gasteiger partial charge in [0.25, 0.3) is 0 Å². The smallest absolute Gasteiger partial charge is 0.408 e. The maximum Gasteiger partial charge on any atom is 0.408 e. The standard InChI is InChI=1S/C19H22N2O5/c22-14-7-8-20(10-14)12-3-1-11(2-4-12)15-9-13-5-6-16(17(15)18(23)24)21(13)19(25)26/h1-4,13-14,16,22H,5-10H2,(H,23,24)(H,25,26)/t13-,14+,16+/m1/s1. The van der Waals surface area contributed by atoms with Crippen molar-refractivity contribution in [3.05, 3.63) is 35.4 Å². The SMILES string of the molecule is O=C(O)C1=C(c2ccc(N3CC[C@H](O)C3)cc2)C[C@H]2CC[C@@H]1N2C(=O)O. The first-order chi connectivity index (χ1) is 12.5. The number of carboxylic acids is 1. The molecular formula is C19H22N2O5. The van der Waals surface area contributed by atoms with Gasteiger partial charge in [0.05, 0.1) is 17.7 Å². The highest BCUT2D eigenvalue weighted by Crippen LogP contribution is 2.43. The average molecular weight is 358 g/mol. The molecule has 2 fully saturated rings. The zero-order valence-corrected chi connectivity index (χ0v) is 14.3. The first-order valence-corrected chi connectivity index (χ1v) is 8.96. The summed E-state index contributed by atoms with van der Waals surface area (Å²) in [6.07, 6.45) is 1.11. The molecule has 3 aliphatic rings. The number of amides is 1. The molecule has 0 saturated carbocycles. The van der Waals surface area contributed by atoms with Gasteiger partial charge in [-0.3, -0.25) is 4.90 Å². The summed E-state index contributed by atoms with van der Waals surface area (Å²) in [5.41, 5.74) is 2.81. The molecule has 26 heavy (non-hydrogen) atoms. The molecule has 1 aromatic rings. The molecule has 138 valence electrons. The monoisotopic (exact) mass is 358 g/mol. The fourth-order valence-corrected chi connectivity index (χ4v) is 4.60. The van der Waals surface area contributed by atoms with Gasteiger partial charge in [-0.15, -0.1) is 0 Å². The van der Waals surface area contributed by atoms with E-state index < -0.39 is 18.1 Å². The second-order valence-electron chi connectivity index (χ2n) is 7.27. The Morgan fingerprint density at radius 3 is 2.35 bits per heavy atom. The number of aliphatic carboxylic acids is 1. The molecule has 3 N–H and O–H groups in total. The molecule has 4 rings (SSSR count). The molecule has 0 spiro atoms. The first kappa shape index (κ1) is 16.9. The van der Waals surface area contributed by atoms with Gasteiger partial charge in [0.1, 0.15) is 0 Å². The fourth-order valence-electron chi connectivity index (χ4n) is 4.60. The van der Waals surface area contributed by atoms with Gasteiger partial charge < -0.3 is 20.2 Å². The largest absolute Gasteiger partial charge is 0.478 e. The van der Waals surface area contributed by atoms with Crippen LogP contribution in [0, 0.1) is 0 Å². The zero-order chi connectivity index (χ0) is 18.4. The van der Waals surface area contributed by atoms with E-state index in [9.17, 15) is 24.9 Å². The van der Waals surface area contributed by atoms with Crippen LogP contribution >= 0.6 is 0 Å². The predicted molar refractivity (Wildman–Crippen MR) is 95.1 cm³/mol. The Kier molecular flexibility index (Phi) is 4.11. The number of β-amino-alcohol motifs (C(OH)–C–C–N with tert-alkyl or cyclic N) is 1. The molecule has 2 bridgehead atoms. The van der Waals surface area contributed by atoms with Crippen molar-refractivity contribution in [1.29, 1.82) is 0 Å². The van der Waals surface area contributed by atoms with E-state index in [4.69, 9.17) is 0 Å². The van der Waals surface area contributed by atoms with Crippen LogP contribution < -0.4 is 4.90 Å².